The van der Waals surface area contributed by atoms with Crippen molar-refractivity contribution in [2.45, 2.75) is 31.8 Å². The summed E-state index contributed by atoms with van der Waals surface area (Å²) in [5.74, 6) is -0.176. The lowest BCUT2D eigenvalue weighted by Gasteiger charge is -2.36. The van der Waals surface area contributed by atoms with Gasteiger partial charge in [-0.15, -0.1) is 0 Å². The highest BCUT2D eigenvalue weighted by atomic mass is 35.5. The minimum Gasteiger partial charge on any atom is -0.388 e. The first kappa shape index (κ1) is 12.4. The van der Waals surface area contributed by atoms with Crippen molar-refractivity contribution in [3.05, 3.63) is 34.3 Å². The maximum atomic E-state index is 11.9. The van der Waals surface area contributed by atoms with Crippen molar-refractivity contribution in [1.82, 2.24) is 5.32 Å². The SMILES string of the molecule is Cc1c(Cl)cccc1C(=O)NCC1(O)CCC1. The molecule has 0 aliphatic heterocycles. The molecule has 2 rings (SSSR count). The molecule has 17 heavy (non-hydrogen) atoms. The van der Waals surface area contributed by atoms with Gasteiger partial charge in [0.25, 0.3) is 5.91 Å². The summed E-state index contributed by atoms with van der Waals surface area (Å²) in [5.41, 5.74) is 0.648. The molecule has 2 N–H and O–H groups in total. The van der Waals surface area contributed by atoms with E-state index in [9.17, 15) is 9.90 Å². The Morgan fingerprint density at radius 3 is 2.82 bits per heavy atom. The number of amides is 1. The molecule has 1 aromatic rings. The van der Waals surface area contributed by atoms with Crippen LogP contribution in [0.4, 0.5) is 0 Å². The molecule has 1 aromatic carbocycles. The number of carbonyl (C=O) groups is 1. The third kappa shape index (κ3) is 2.61. The summed E-state index contributed by atoms with van der Waals surface area (Å²) >= 11 is 5.96. The van der Waals surface area contributed by atoms with Gasteiger partial charge < -0.3 is 10.4 Å². The van der Waals surface area contributed by atoms with Crippen molar-refractivity contribution in [2.24, 2.45) is 0 Å². The van der Waals surface area contributed by atoms with Crippen LogP contribution in [0.2, 0.25) is 5.02 Å². The zero-order valence-corrected chi connectivity index (χ0v) is 10.5. The normalized spacial score (nSPS) is 17.4. The number of aliphatic hydroxyl groups is 1. The molecule has 0 spiro atoms. The molecule has 92 valence electrons. The third-order valence-corrected chi connectivity index (χ3v) is 3.78. The van der Waals surface area contributed by atoms with Crippen LogP contribution >= 0.6 is 11.6 Å². The molecule has 1 saturated carbocycles. The maximum absolute atomic E-state index is 11.9. The average molecular weight is 254 g/mol. The van der Waals surface area contributed by atoms with Gasteiger partial charge in [0, 0.05) is 17.1 Å². The fourth-order valence-electron chi connectivity index (χ4n) is 1.96. The Kier molecular flexibility index (Phi) is 3.40. The second-order valence-corrected chi connectivity index (χ2v) is 5.08. The molecular formula is C13H16ClNO2. The summed E-state index contributed by atoms with van der Waals surface area (Å²) in [5, 5.41) is 13.2. The third-order valence-electron chi connectivity index (χ3n) is 3.37. The van der Waals surface area contributed by atoms with E-state index in [0.29, 0.717) is 17.1 Å². The van der Waals surface area contributed by atoms with Gasteiger partial charge in [-0.2, -0.15) is 0 Å². The molecule has 0 aromatic heterocycles. The first-order valence-corrected chi connectivity index (χ1v) is 6.15. The zero-order chi connectivity index (χ0) is 12.5. The van der Waals surface area contributed by atoms with E-state index in [-0.39, 0.29) is 5.91 Å². The summed E-state index contributed by atoms with van der Waals surface area (Å²) in [4.78, 5) is 11.9. The van der Waals surface area contributed by atoms with Crippen LogP contribution in [0.25, 0.3) is 0 Å². The largest absolute Gasteiger partial charge is 0.388 e. The smallest absolute Gasteiger partial charge is 0.251 e. The summed E-state index contributed by atoms with van der Waals surface area (Å²) in [6, 6.07) is 5.25. The highest BCUT2D eigenvalue weighted by Gasteiger charge is 2.34. The predicted octanol–water partition coefficient (Wildman–Crippen LogP) is 2.29. The molecule has 1 aliphatic carbocycles. The van der Waals surface area contributed by atoms with Gasteiger partial charge in [-0.1, -0.05) is 17.7 Å². The fourth-order valence-corrected chi connectivity index (χ4v) is 2.13. The minimum atomic E-state index is -0.692. The average Bonchev–Trinajstić information content (AvgIpc) is 2.27. The Bertz CT molecular complexity index is 441. The number of hydrogen-bond acceptors (Lipinski definition) is 2. The Balaban J connectivity index is 2.02. The van der Waals surface area contributed by atoms with Gasteiger partial charge in [-0.3, -0.25) is 4.79 Å². The number of carbonyl (C=O) groups excluding carboxylic acids is 1. The number of halogens is 1. The van der Waals surface area contributed by atoms with Gasteiger partial charge in [0.05, 0.1) is 5.60 Å². The van der Waals surface area contributed by atoms with Gasteiger partial charge in [-0.25, -0.2) is 0 Å². The number of hydrogen-bond donors (Lipinski definition) is 2. The molecule has 3 nitrogen and oxygen atoms in total. The number of rotatable bonds is 3. The minimum absolute atomic E-state index is 0.176. The maximum Gasteiger partial charge on any atom is 0.251 e. The Labute approximate surface area is 106 Å². The van der Waals surface area contributed by atoms with E-state index in [1.54, 1.807) is 18.2 Å². The summed E-state index contributed by atoms with van der Waals surface area (Å²) in [7, 11) is 0. The van der Waals surface area contributed by atoms with E-state index in [1.807, 2.05) is 6.92 Å². The van der Waals surface area contributed by atoms with Crippen molar-refractivity contribution in [3.63, 3.8) is 0 Å². The quantitative estimate of drug-likeness (QED) is 0.868. The van der Waals surface area contributed by atoms with Crippen molar-refractivity contribution >= 4 is 17.5 Å². The lowest BCUT2D eigenvalue weighted by atomic mass is 9.80. The molecule has 1 fully saturated rings. The van der Waals surface area contributed by atoms with Gasteiger partial charge in [0.15, 0.2) is 0 Å². The zero-order valence-electron chi connectivity index (χ0n) is 9.79. The molecule has 1 aliphatic rings. The Hall–Kier alpha value is -1.06. The molecular weight excluding hydrogens is 238 g/mol. The summed E-state index contributed by atoms with van der Waals surface area (Å²) in [6.45, 7) is 2.13. The molecule has 4 heteroatoms. The fraction of sp³-hybridized carbons (Fsp3) is 0.462. The molecule has 0 radical (unpaired) electrons. The first-order valence-electron chi connectivity index (χ1n) is 5.77. The van der Waals surface area contributed by atoms with Crippen LogP contribution in [0, 0.1) is 6.92 Å². The summed E-state index contributed by atoms with van der Waals surface area (Å²) in [6.07, 6.45) is 2.56. The summed E-state index contributed by atoms with van der Waals surface area (Å²) < 4.78 is 0. The predicted molar refractivity (Wildman–Crippen MR) is 67.3 cm³/mol. The van der Waals surface area contributed by atoms with Crippen molar-refractivity contribution in [3.8, 4) is 0 Å². The van der Waals surface area contributed by atoms with Gasteiger partial charge in [0.2, 0.25) is 0 Å². The van der Waals surface area contributed by atoms with Gasteiger partial charge >= 0.3 is 0 Å². The van der Waals surface area contributed by atoms with E-state index in [2.05, 4.69) is 5.32 Å². The van der Waals surface area contributed by atoms with Gasteiger partial charge in [-0.05, 0) is 43.9 Å². The van der Waals surface area contributed by atoms with Crippen LogP contribution < -0.4 is 5.32 Å². The highest BCUT2D eigenvalue weighted by Crippen LogP contribution is 2.30. The second-order valence-electron chi connectivity index (χ2n) is 4.67. The van der Waals surface area contributed by atoms with Crippen molar-refractivity contribution < 1.29 is 9.90 Å². The van der Waals surface area contributed by atoms with Crippen LogP contribution in [-0.2, 0) is 0 Å². The van der Waals surface area contributed by atoms with E-state index < -0.39 is 5.60 Å². The van der Waals surface area contributed by atoms with E-state index in [4.69, 9.17) is 11.6 Å². The van der Waals surface area contributed by atoms with Crippen LogP contribution in [-0.4, -0.2) is 23.2 Å². The molecule has 0 atom stereocenters. The van der Waals surface area contributed by atoms with Crippen molar-refractivity contribution in [2.75, 3.05) is 6.54 Å². The van der Waals surface area contributed by atoms with Crippen LogP contribution in [0.5, 0.6) is 0 Å². The number of benzene rings is 1. The monoisotopic (exact) mass is 253 g/mol. The van der Waals surface area contributed by atoms with E-state index in [0.717, 1.165) is 24.8 Å². The van der Waals surface area contributed by atoms with Crippen LogP contribution in [0.1, 0.15) is 35.2 Å². The second kappa shape index (κ2) is 4.67. The molecule has 0 bridgehead atoms. The van der Waals surface area contributed by atoms with Crippen molar-refractivity contribution in [1.29, 1.82) is 0 Å². The van der Waals surface area contributed by atoms with Gasteiger partial charge in [0.1, 0.15) is 0 Å². The van der Waals surface area contributed by atoms with E-state index >= 15 is 0 Å². The lowest BCUT2D eigenvalue weighted by molar-refractivity contribution is -0.0300. The highest BCUT2D eigenvalue weighted by molar-refractivity contribution is 6.31. The first-order chi connectivity index (χ1) is 8.02. The lowest BCUT2D eigenvalue weighted by Crippen LogP contribution is -2.47. The Morgan fingerprint density at radius 1 is 1.53 bits per heavy atom. The standard InChI is InChI=1S/C13H16ClNO2/c1-9-10(4-2-5-11(9)14)12(16)15-8-13(17)6-3-7-13/h2,4-5,17H,3,6-8H2,1H3,(H,15,16). The van der Waals surface area contributed by atoms with E-state index in [1.165, 1.54) is 0 Å². The van der Waals surface area contributed by atoms with Crippen LogP contribution in [0.15, 0.2) is 18.2 Å². The molecule has 0 saturated heterocycles. The topological polar surface area (TPSA) is 49.3 Å². The molecule has 0 unspecified atom stereocenters. The Morgan fingerprint density at radius 2 is 2.24 bits per heavy atom. The van der Waals surface area contributed by atoms with Crippen LogP contribution in [0.3, 0.4) is 0 Å². The molecule has 0 heterocycles. The molecule has 1 amide bonds. The number of nitrogens with one attached hydrogen (secondary N) is 1.